The van der Waals surface area contributed by atoms with Gasteiger partial charge in [-0.05, 0) is 36.8 Å². The molecule has 3 N–H and O–H groups in total. The van der Waals surface area contributed by atoms with Crippen LogP contribution < -0.4 is 16.0 Å². The Kier molecular flexibility index (Phi) is 4.02. The molecule has 0 aliphatic carbocycles. The second-order valence-corrected chi connectivity index (χ2v) is 4.34. The zero-order valence-electron chi connectivity index (χ0n) is 10.5. The van der Waals surface area contributed by atoms with Gasteiger partial charge >= 0.3 is 11.6 Å². The monoisotopic (exact) mass is 294 g/mol. The number of nitrogens with zero attached hydrogens (tertiary/aromatic N) is 2. The summed E-state index contributed by atoms with van der Waals surface area (Å²) in [6.45, 7) is 1.80. The molecule has 0 saturated heterocycles. The fourth-order valence-corrected chi connectivity index (χ4v) is 1.64. The van der Waals surface area contributed by atoms with Crippen molar-refractivity contribution in [1.29, 1.82) is 0 Å². The van der Waals surface area contributed by atoms with Crippen molar-refractivity contribution in [3.8, 4) is 11.6 Å². The SMILES string of the molecule is Cc1cc(Oc2nc(NN)ccc2[N+](=O)[O-])ccc1Cl. The molecule has 0 unspecified atom stereocenters. The van der Waals surface area contributed by atoms with Crippen LogP contribution in [0.1, 0.15) is 5.56 Å². The highest BCUT2D eigenvalue weighted by molar-refractivity contribution is 6.31. The van der Waals surface area contributed by atoms with Crippen LogP contribution >= 0.6 is 11.6 Å². The zero-order chi connectivity index (χ0) is 14.7. The first-order valence-electron chi connectivity index (χ1n) is 5.57. The highest BCUT2D eigenvalue weighted by Crippen LogP contribution is 2.31. The molecule has 0 fully saturated rings. The Labute approximate surface area is 119 Å². The smallest absolute Gasteiger partial charge is 0.331 e. The molecule has 0 aliphatic rings. The molecule has 0 atom stereocenters. The predicted octanol–water partition coefficient (Wildman–Crippen LogP) is 3.03. The second-order valence-electron chi connectivity index (χ2n) is 3.94. The average Bonchev–Trinajstić information content (AvgIpc) is 2.42. The van der Waals surface area contributed by atoms with E-state index in [9.17, 15) is 10.1 Å². The summed E-state index contributed by atoms with van der Waals surface area (Å²) in [5.41, 5.74) is 2.84. The molecule has 2 rings (SSSR count). The summed E-state index contributed by atoms with van der Waals surface area (Å²) in [4.78, 5) is 14.3. The summed E-state index contributed by atoms with van der Waals surface area (Å²) in [7, 11) is 0. The summed E-state index contributed by atoms with van der Waals surface area (Å²) in [5.74, 6) is 5.74. The lowest BCUT2D eigenvalue weighted by atomic mass is 10.2. The normalized spacial score (nSPS) is 10.2. The van der Waals surface area contributed by atoms with Gasteiger partial charge in [-0.2, -0.15) is 4.98 Å². The summed E-state index contributed by atoms with van der Waals surface area (Å²) >= 11 is 5.91. The highest BCUT2D eigenvalue weighted by Gasteiger charge is 2.18. The van der Waals surface area contributed by atoms with Gasteiger partial charge in [0.15, 0.2) is 0 Å². The number of pyridine rings is 1. The van der Waals surface area contributed by atoms with E-state index in [1.165, 1.54) is 12.1 Å². The number of nitrogens with two attached hydrogens (primary N) is 1. The Morgan fingerprint density at radius 3 is 2.75 bits per heavy atom. The number of aromatic nitrogens is 1. The third kappa shape index (κ3) is 2.95. The van der Waals surface area contributed by atoms with Crippen LogP contribution in [0.2, 0.25) is 5.02 Å². The molecule has 8 heteroatoms. The quantitative estimate of drug-likeness (QED) is 0.510. The third-order valence-corrected chi connectivity index (χ3v) is 2.95. The Hall–Kier alpha value is -2.38. The van der Waals surface area contributed by atoms with E-state index in [-0.39, 0.29) is 17.4 Å². The van der Waals surface area contributed by atoms with Gasteiger partial charge in [0, 0.05) is 11.1 Å². The van der Waals surface area contributed by atoms with E-state index in [1.807, 2.05) is 0 Å². The maximum atomic E-state index is 10.9. The number of halogens is 1. The molecule has 1 aromatic heterocycles. The first kappa shape index (κ1) is 14.0. The molecule has 0 saturated carbocycles. The molecule has 1 aromatic carbocycles. The fraction of sp³-hybridized carbons (Fsp3) is 0.0833. The third-order valence-electron chi connectivity index (χ3n) is 2.53. The number of anilines is 1. The molecule has 7 nitrogen and oxygen atoms in total. The van der Waals surface area contributed by atoms with Gasteiger partial charge < -0.3 is 10.2 Å². The van der Waals surface area contributed by atoms with Crippen LogP contribution in [0.3, 0.4) is 0 Å². The summed E-state index contributed by atoms with van der Waals surface area (Å²) in [6, 6.07) is 7.56. The van der Waals surface area contributed by atoms with Gasteiger partial charge in [-0.1, -0.05) is 11.6 Å². The molecule has 2 aromatic rings. The predicted molar refractivity (Wildman–Crippen MR) is 75.0 cm³/mol. The van der Waals surface area contributed by atoms with Gasteiger partial charge in [0.1, 0.15) is 11.6 Å². The van der Waals surface area contributed by atoms with Gasteiger partial charge in [0.25, 0.3) is 0 Å². The molecule has 0 radical (unpaired) electrons. The van der Waals surface area contributed by atoms with E-state index < -0.39 is 4.92 Å². The Balaban J connectivity index is 2.40. The Morgan fingerprint density at radius 1 is 1.40 bits per heavy atom. The first-order valence-corrected chi connectivity index (χ1v) is 5.95. The van der Waals surface area contributed by atoms with Crippen LogP contribution in [0.4, 0.5) is 11.5 Å². The van der Waals surface area contributed by atoms with Crippen LogP contribution in [0.15, 0.2) is 30.3 Å². The summed E-state index contributed by atoms with van der Waals surface area (Å²) in [5, 5.41) is 11.5. The van der Waals surface area contributed by atoms with Crippen molar-refractivity contribution in [2.45, 2.75) is 6.92 Å². The van der Waals surface area contributed by atoms with E-state index in [1.54, 1.807) is 25.1 Å². The van der Waals surface area contributed by atoms with Crippen LogP contribution in [-0.4, -0.2) is 9.91 Å². The van der Waals surface area contributed by atoms with Crippen molar-refractivity contribution in [3.63, 3.8) is 0 Å². The molecular weight excluding hydrogens is 284 g/mol. The largest absolute Gasteiger partial charge is 0.434 e. The van der Waals surface area contributed by atoms with E-state index in [2.05, 4.69) is 10.4 Å². The fourth-order valence-electron chi connectivity index (χ4n) is 1.52. The number of nitrogens with one attached hydrogen (secondary N) is 1. The first-order chi connectivity index (χ1) is 9.51. The van der Waals surface area contributed by atoms with Crippen molar-refractivity contribution >= 4 is 23.1 Å². The van der Waals surface area contributed by atoms with Crippen LogP contribution in [0, 0.1) is 17.0 Å². The molecular formula is C12H11ClN4O3. The summed E-state index contributed by atoms with van der Waals surface area (Å²) < 4.78 is 5.44. The maximum absolute atomic E-state index is 10.9. The number of rotatable bonds is 4. The van der Waals surface area contributed by atoms with Gasteiger partial charge in [-0.15, -0.1) is 0 Å². The minimum atomic E-state index is -0.578. The molecule has 0 spiro atoms. The number of hydrazine groups is 1. The summed E-state index contributed by atoms with van der Waals surface area (Å²) in [6.07, 6.45) is 0. The number of aryl methyl sites for hydroxylation is 1. The van der Waals surface area contributed by atoms with Crippen molar-refractivity contribution < 1.29 is 9.66 Å². The average molecular weight is 295 g/mol. The van der Waals surface area contributed by atoms with Crippen molar-refractivity contribution in [3.05, 3.63) is 51.0 Å². The van der Waals surface area contributed by atoms with Crippen molar-refractivity contribution in [1.82, 2.24) is 4.98 Å². The second kappa shape index (κ2) is 5.72. The van der Waals surface area contributed by atoms with E-state index in [0.29, 0.717) is 10.8 Å². The standard InChI is InChI=1S/C12H11ClN4O3/c1-7-6-8(2-3-9(7)13)20-12-10(17(18)19)4-5-11(15-12)16-14/h2-6H,14H2,1H3,(H,15,16). The van der Waals surface area contributed by atoms with Gasteiger partial charge in [0.05, 0.1) is 4.92 Å². The lowest BCUT2D eigenvalue weighted by molar-refractivity contribution is -0.386. The molecule has 20 heavy (non-hydrogen) atoms. The van der Waals surface area contributed by atoms with Crippen LogP contribution in [0.5, 0.6) is 11.6 Å². The lowest BCUT2D eigenvalue weighted by Gasteiger charge is -2.08. The van der Waals surface area contributed by atoms with E-state index in [0.717, 1.165) is 5.56 Å². The number of hydrogen-bond donors (Lipinski definition) is 2. The minimum absolute atomic E-state index is 0.146. The van der Waals surface area contributed by atoms with Gasteiger partial charge in [-0.25, -0.2) is 5.84 Å². The van der Waals surface area contributed by atoms with E-state index >= 15 is 0 Å². The number of benzene rings is 1. The zero-order valence-corrected chi connectivity index (χ0v) is 11.2. The molecule has 104 valence electrons. The maximum Gasteiger partial charge on any atom is 0.331 e. The molecule has 0 bridgehead atoms. The number of nitrogen functional groups attached to an aromatic ring is 1. The Morgan fingerprint density at radius 2 is 2.15 bits per heavy atom. The van der Waals surface area contributed by atoms with Gasteiger partial charge in [0.2, 0.25) is 0 Å². The highest BCUT2D eigenvalue weighted by atomic mass is 35.5. The number of hydrogen-bond acceptors (Lipinski definition) is 6. The molecule has 1 heterocycles. The van der Waals surface area contributed by atoms with Crippen molar-refractivity contribution in [2.24, 2.45) is 5.84 Å². The number of ether oxygens (including phenoxy) is 1. The minimum Gasteiger partial charge on any atom is -0.434 e. The molecule has 0 amide bonds. The number of nitro groups is 1. The van der Waals surface area contributed by atoms with Crippen LogP contribution in [-0.2, 0) is 0 Å². The van der Waals surface area contributed by atoms with E-state index in [4.69, 9.17) is 22.2 Å². The van der Waals surface area contributed by atoms with Crippen LogP contribution in [0.25, 0.3) is 0 Å². The Bertz CT molecular complexity index is 663. The molecule has 0 aliphatic heterocycles. The lowest BCUT2D eigenvalue weighted by Crippen LogP contribution is -2.09. The topological polar surface area (TPSA) is 103 Å². The van der Waals surface area contributed by atoms with Crippen molar-refractivity contribution in [2.75, 3.05) is 5.43 Å². The van der Waals surface area contributed by atoms with Gasteiger partial charge in [-0.3, -0.25) is 10.1 Å².